The van der Waals surface area contributed by atoms with Crippen LogP contribution in [0.5, 0.6) is 5.75 Å². The average Bonchev–Trinajstić information content (AvgIpc) is 2.15. The van der Waals surface area contributed by atoms with Gasteiger partial charge in [0.05, 0.1) is 0 Å². The van der Waals surface area contributed by atoms with Gasteiger partial charge in [-0.15, -0.1) is 0 Å². The Morgan fingerprint density at radius 3 is 2.79 bits per heavy atom. The molecule has 0 spiro atoms. The maximum absolute atomic E-state index is 10.8. The lowest BCUT2D eigenvalue weighted by atomic mass is 10.2. The summed E-state index contributed by atoms with van der Waals surface area (Å²) in [6.45, 7) is 2.10. The van der Waals surface area contributed by atoms with Gasteiger partial charge in [0.2, 0.25) is 0 Å². The fraction of sp³-hybridized carbons (Fsp3) is 0.300. The van der Waals surface area contributed by atoms with Crippen LogP contribution in [-0.2, 0) is 0 Å². The molecule has 1 rings (SSSR count). The molecule has 3 N–H and O–H groups in total. The maximum atomic E-state index is 10.8. The van der Waals surface area contributed by atoms with Crippen LogP contribution < -0.4 is 10.5 Å². The van der Waals surface area contributed by atoms with E-state index in [0.717, 1.165) is 0 Å². The second-order valence-corrected chi connectivity index (χ2v) is 3.09. The van der Waals surface area contributed by atoms with E-state index in [4.69, 9.17) is 15.6 Å². The fourth-order valence-electron chi connectivity index (χ4n) is 0.990. The minimum atomic E-state index is -0.995. The first-order valence-electron chi connectivity index (χ1n) is 4.32. The van der Waals surface area contributed by atoms with Gasteiger partial charge in [0.25, 0.3) is 0 Å². The summed E-state index contributed by atoms with van der Waals surface area (Å²) in [6.07, 6.45) is 0. The molecule has 0 aliphatic heterocycles. The molecule has 0 saturated carbocycles. The zero-order valence-corrected chi connectivity index (χ0v) is 7.93. The van der Waals surface area contributed by atoms with E-state index in [2.05, 4.69) is 0 Å². The van der Waals surface area contributed by atoms with Crippen LogP contribution in [0.1, 0.15) is 17.3 Å². The summed E-state index contributed by atoms with van der Waals surface area (Å²) in [5.74, 6) is -0.637. The first kappa shape index (κ1) is 10.5. The molecule has 1 aromatic carbocycles. The molecule has 0 aliphatic rings. The van der Waals surface area contributed by atoms with Crippen LogP contribution >= 0.6 is 0 Å². The topological polar surface area (TPSA) is 72.5 Å². The third kappa shape index (κ3) is 2.74. The highest BCUT2D eigenvalue weighted by Gasteiger charge is 2.09. The first-order valence-corrected chi connectivity index (χ1v) is 4.32. The summed E-state index contributed by atoms with van der Waals surface area (Å²) >= 11 is 0. The summed E-state index contributed by atoms with van der Waals surface area (Å²) in [5, 5.41) is 8.82. The monoisotopic (exact) mass is 195 g/mol. The molecule has 4 nitrogen and oxygen atoms in total. The Morgan fingerprint density at radius 2 is 2.21 bits per heavy atom. The van der Waals surface area contributed by atoms with Crippen LogP contribution in [0.15, 0.2) is 24.3 Å². The highest BCUT2D eigenvalue weighted by Crippen LogP contribution is 2.17. The third-order valence-electron chi connectivity index (χ3n) is 1.62. The number of hydrogen-bond donors (Lipinski definition) is 2. The first-order chi connectivity index (χ1) is 6.61. The molecule has 1 atom stereocenters. The summed E-state index contributed by atoms with van der Waals surface area (Å²) in [7, 11) is 0. The van der Waals surface area contributed by atoms with Crippen molar-refractivity contribution in [2.24, 2.45) is 5.73 Å². The summed E-state index contributed by atoms with van der Waals surface area (Å²) < 4.78 is 5.25. The lowest BCUT2D eigenvalue weighted by molar-refractivity contribution is 0.0692. The van der Waals surface area contributed by atoms with E-state index in [1.807, 2.05) is 0 Å². The number of rotatable bonds is 4. The quantitative estimate of drug-likeness (QED) is 0.754. The van der Waals surface area contributed by atoms with Crippen LogP contribution in [0.2, 0.25) is 0 Å². The van der Waals surface area contributed by atoms with Crippen LogP contribution in [0.25, 0.3) is 0 Å². The molecule has 0 fully saturated rings. The fourth-order valence-corrected chi connectivity index (χ4v) is 0.990. The maximum Gasteiger partial charge on any atom is 0.339 e. The minimum Gasteiger partial charge on any atom is -0.491 e. The second kappa shape index (κ2) is 4.62. The summed E-state index contributed by atoms with van der Waals surface area (Å²) in [4.78, 5) is 10.8. The van der Waals surface area contributed by atoms with Gasteiger partial charge in [-0.1, -0.05) is 12.1 Å². The molecular weight excluding hydrogens is 182 g/mol. The predicted molar refractivity (Wildman–Crippen MR) is 52.5 cm³/mol. The van der Waals surface area contributed by atoms with E-state index < -0.39 is 5.97 Å². The van der Waals surface area contributed by atoms with Gasteiger partial charge >= 0.3 is 5.97 Å². The van der Waals surface area contributed by atoms with Crippen molar-refractivity contribution in [3.05, 3.63) is 29.8 Å². The largest absolute Gasteiger partial charge is 0.491 e. The van der Waals surface area contributed by atoms with Crippen molar-refractivity contribution >= 4 is 5.97 Å². The van der Waals surface area contributed by atoms with Crippen LogP contribution in [0.4, 0.5) is 0 Å². The van der Waals surface area contributed by atoms with Crippen molar-refractivity contribution in [3.63, 3.8) is 0 Å². The molecule has 0 radical (unpaired) electrons. The molecule has 1 unspecified atom stereocenters. The number of aromatic carboxylic acids is 1. The minimum absolute atomic E-state index is 0.114. The molecular formula is C10H13NO3. The number of carboxylic acid groups (broad SMARTS) is 1. The van der Waals surface area contributed by atoms with Crippen LogP contribution in [-0.4, -0.2) is 23.7 Å². The van der Waals surface area contributed by atoms with Gasteiger partial charge in [0.1, 0.15) is 17.9 Å². The predicted octanol–water partition coefficient (Wildman–Crippen LogP) is 1.11. The van der Waals surface area contributed by atoms with Gasteiger partial charge in [0, 0.05) is 6.04 Å². The Kier molecular flexibility index (Phi) is 3.48. The summed E-state index contributed by atoms with van der Waals surface area (Å²) in [5.41, 5.74) is 5.65. The van der Waals surface area contributed by atoms with Crippen molar-refractivity contribution in [1.82, 2.24) is 0 Å². The van der Waals surface area contributed by atoms with Crippen molar-refractivity contribution in [2.75, 3.05) is 6.61 Å². The molecule has 0 heterocycles. The number of para-hydroxylation sites is 1. The average molecular weight is 195 g/mol. The molecule has 0 bridgehead atoms. The van der Waals surface area contributed by atoms with E-state index in [1.165, 1.54) is 6.07 Å². The van der Waals surface area contributed by atoms with Gasteiger partial charge in [-0.25, -0.2) is 4.79 Å². The standard InChI is InChI=1S/C10H13NO3/c1-7(11)6-14-9-5-3-2-4-8(9)10(12)13/h2-5,7H,6,11H2,1H3,(H,12,13). The molecule has 1 aromatic rings. The second-order valence-electron chi connectivity index (χ2n) is 3.09. The Hall–Kier alpha value is -1.55. The Morgan fingerprint density at radius 1 is 1.57 bits per heavy atom. The van der Waals surface area contributed by atoms with E-state index >= 15 is 0 Å². The number of benzene rings is 1. The molecule has 76 valence electrons. The molecule has 4 heteroatoms. The number of carbonyl (C=O) groups is 1. The smallest absolute Gasteiger partial charge is 0.339 e. The molecule has 0 saturated heterocycles. The normalized spacial score (nSPS) is 12.1. The highest BCUT2D eigenvalue weighted by atomic mass is 16.5. The third-order valence-corrected chi connectivity index (χ3v) is 1.62. The number of carboxylic acids is 1. The lowest BCUT2D eigenvalue weighted by Crippen LogP contribution is -2.24. The van der Waals surface area contributed by atoms with Crippen molar-refractivity contribution < 1.29 is 14.6 Å². The van der Waals surface area contributed by atoms with E-state index in [9.17, 15) is 4.79 Å². The number of ether oxygens (including phenoxy) is 1. The number of nitrogens with two attached hydrogens (primary N) is 1. The van der Waals surface area contributed by atoms with E-state index in [-0.39, 0.29) is 11.6 Å². The van der Waals surface area contributed by atoms with Gasteiger partial charge in [-0.2, -0.15) is 0 Å². The molecule has 14 heavy (non-hydrogen) atoms. The van der Waals surface area contributed by atoms with Gasteiger partial charge in [0.15, 0.2) is 0 Å². The van der Waals surface area contributed by atoms with Gasteiger partial charge < -0.3 is 15.6 Å². The molecule has 0 aromatic heterocycles. The summed E-state index contributed by atoms with van der Waals surface area (Å²) in [6, 6.07) is 6.38. The highest BCUT2D eigenvalue weighted by molar-refractivity contribution is 5.90. The Labute approximate surface area is 82.3 Å². The van der Waals surface area contributed by atoms with Gasteiger partial charge in [-0.3, -0.25) is 0 Å². The molecule has 0 aliphatic carbocycles. The van der Waals surface area contributed by atoms with Crippen molar-refractivity contribution in [1.29, 1.82) is 0 Å². The van der Waals surface area contributed by atoms with E-state index in [1.54, 1.807) is 25.1 Å². The number of hydrogen-bond acceptors (Lipinski definition) is 3. The van der Waals surface area contributed by atoms with Crippen molar-refractivity contribution in [2.45, 2.75) is 13.0 Å². The zero-order chi connectivity index (χ0) is 10.6. The Balaban J connectivity index is 2.79. The van der Waals surface area contributed by atoms with Crippen LogP contribution in [0, 0.1) is 0 Å². The lowest BCUT2D eigenvalue weighted by Gasteiger charge is -2.10. The van der Waals surface area contributed by atoms with Crippen molar-refractivity contribution in [3.8, 4) is 5.75 Å². The SMILES string of the molecule is CC(N)COc1ccccc1C(=O)O. The zero-order valence-electron chi connectivity index (χ0n) is 7.93. The van der Waals surface area contributed by atoms with E-state index in [0.29, 0.717) is 12.4 Å². The molecule has 0 amide bonds. The van der Waals surface area contributed by atoms with Crippen LogP contribution in [0.3, 0.4) is 0 Å². The Bertz CT molecular complexity index is 323. The van der Waals surface area contributed by atoms with Gasteiger partial charge in [-0.05, 0) is 19.1 Å².